The lowest BCUT2D eigenvalue weighted by molar-refractivity contribution is -0.126. The Kier molecular flexibility index (Phi) is 4.15. The predicted octanol–water partition coefficient (Wildman–Crippen LogP) is 1.90. The van der Waals surface area contributed by atoms with Crippen molar-refractivity contribution in [2.45, 2.75) is 37.6 Å². The van der Waals surface area contributed by atoms with Gasteiger partial charge in [-0.2, -0.15) is 0 Å². The second-order valence-electron chi connectivity index (χ2n) is 6.51. The van der Waals surface area contributed by atoms with Crippen LogP contribution in [0.2, 0.25) is 0 Å². The minimum atomic E-state index is -0.599. The number of nitrogens with one attached hydrogen (secondary N) is 1. The number of rotatable bonds is 4. The number of para-hydroxylation sites is 1. The van der Waals surface area contributed by atoms with E-state index < -0.39 is 5.54 Å². The summed E-state index contributed by atoms with van der Waals surface area (Å²) in [5.74, 6) is 0.581. The summed E-state index contributed by atoms with van der Waals surface area (Å²) >= 11 is 0. The van der Waals surface area contributed by atoms with Crippen molar-refractivity contribution in [3.05, 3.63) is 30.3 Å². The highest BCUT2D eigenvalue weighted by molar-refractivity contribution is 5.86. The van der Waals surface area contributed by atoms with E-state index in [9.17, 15) is 4.79 Å². The smallest absolute Gasteiger partial charge is 0.240 e. The molecule has 2 fully saturated rings. The molecule has 1 unspecified atom stereocenters. The molecule has 1 aromatic carbocycles. The summed E-state index contributed by atoms with van der Waals surface area (Å²) in [6.07, 6.45) is 4.95. The van der Waals surface area contributed by atoms with E-state index >= 15 is 0 Å². The molecule has 3 rings (SSSR count). The van der Waals surface area contributed by atoms with E-state index in [1.54, 1.807) is 0 Å². The minimum Gasteiger partial charge on any atom is -0.371 e. The number of anilines is 1. The van der Waals surface area contributed by atoms with Crippen LogP contribution in [0.1, 0.15) is 32.1 Å². The number of carbonyl (C=O) groups excluding carboxylic acids is 1. The Morgan fingerprint density at radius 3 is 2.71 bits per heavy atom. The van der Waals surface area contributed by atoms with Gasteiger partial charge in [-0.1, -0.05) is 31.0 Å². The zero-order chi connectivity index (χ0) is 14.7. The molecule has 1 amide bonds. The van der Waals surface area contributed by atoms with Crippen LogP contribution in [0.15, 0.2) is 30.3 Å². The molecule has 1 aliphatic carbocycles. The van der Waals surface area contributed by atoms with E-state index in [0.29, 0.717) is 5.92 Å². The molecule has 2 aliphatic rings. The fourth-order valence-corrected chi connectivity index (χ4v) is 3.52. The van der Waals surface area contributed by atoms with Crippen LogP contribution >= 0.6 is 0 Å². The third-order valence-electron chi connectivity index (χ3n) is 4.91. The minimum absolute atomic E-state index is 0.0539. The summed E-state index contributed by atoms with van der Waals surface area (Å²) in [6.45, 7) is 2.83. The summed E-state index contributed by atoms with van der Waals surface area (Å²) in [5.41, 5.74) is 6.86. The van der Waals surface area contributed by atoms with Gasteiger partial charge < -0.3 is 16.0 Å². The van der Waals surface area contributed by atoms with Gasteiger partial charge in [0.05, 0.1) is 5.54 Å². The Morgan fingerprint density at radius 2 is 2.00 bits per heavy atom. The Balaban J connectivity index is 1.48. The van der Waals surface area contributed by atoms with Gasteiger partial charge in [0.2, 0.25) is 5.91 Å². The standard InChI is InChI=1S/C17H25N3O/c18-17(9-4-5-10-17)16(21)19-12-14-8-11-20(13-14)15-6-2-1-3-7-15/h1-3,6-7,14H,4-5,8-13,18H2,(H,19,21). The molecule has 0 bridgehead atoms. The van der Waals surface area contributed by atoms with Gasteiger partial charge >= 0.3 is 0 Å². The lowest BCUT2D eigenvalue weighted by Crippen LogP contribution is -2.52. The van der Waals surface area contributed by atoms with Gasteiger partial charge in [-0.3, -0.25) is 4.79 Å². The molecule has 1 saturated carbocycles. The predicted molar refractivity (Wildman–Crippen MR) is 85.2 cm³/mol. The zero-order valence-corrected chi connectivity index (χ0v) is 12.6. The molecular weight excluding hydrogens is 262 g/mol. The molecule has 1 heterocycles. The molecule has 114 valence electrons. The van der Waals surface area contributed by atoms with Crippen LogP contribution < -0.4 is 16.0 Å². The van der Waals surface area contributed by atoms with E-state index in [1.165, 1.54) is 5.69 Å². The first-order valence-corrected chi connectivity index (χ1v) is 8.04. The van der Waals surface area contributed by atoms with Gasteiger partial charge in [0.15, 0.2) is 0 Å². The van der Waals surface area contributed by atoms with Gasteiger partial charge in [-0.05, 0) is 37.3 Å². The monoisotopic (exact) mass is 287 g/mol. The lowest BCUT2D eigenvalue weighted by atomic mass is 9.97. The lowest BCUT2D eigenvalue weighted by Gasteiger charge is -2.23. The van der Waals surface area contributed by atoms with Gasteiger partial charge in [0, 0.05) is 25.3 Å². The molecule has 4 nitrogen and oxygen atoms in total. The summed E-state index contributed by atoms with van der Waals surface area (Å²) in [4.78, 5) is 14.6. The van der Waals surface area contributed by atoms with E-state index in [-0.39, 0.29) is 5.91 Å². The number of hydrogen-bond donors (Lipinski definition) is 2. The molecule has 21 heavy (non-hydrogen) atoms. The van der Waals surface area contributed by atoms with Gasteiger partial charge in [-0.25, -0.2) is 0 Å². The van der Waals surface area contributed by atoms with Crippen molar-refractivity contribution in [1.29, 1.82) is 0 Å². The molecule has 1 aromatic rings. The van der Waals surface area contributed by atoms with Crippen LogP contribution in [0.5, 0.6) is 0 Å². The van der Waals surface area contributed by atoms with Crippen molar-refractivity contribution in [1.82, 2.24) is 5.32 Å². The van der Waals surface area contributed by atoms with Gasteiger partial charge in [-0.15, -0.1) is 0 Å². The Morgan fingerprint density at radius 1 is 1.29 bits per heavy atom. The molecule has 0 aromatic heterocycles. The van der Waals surface area contributed by atoms with E-state index in [1.807, 2.05) is 6.07 Å². The SMILES string of the molecule is NC1(C(=O)NCC2CCN(c3ccccc3)C2)CCCC1. The molecule has 3 N–H and O–H groups in total. The van der Waals surface area contributed by atoms with Crippen LogP contribution in [-0.2, 0) is 4.79 Å². The maximum absolute atomic E-state index is 12.2. The van der Waals surface area contributed by atoms with Crippen molar-refractivity contribution in [3.8, 4) is 0 Å². The topological polar surface area (TPSA) is 58.4 Å². The van der Waals surface area contributed by atoms with Crippen LogP contribution in [0.3, 0.4) is 0 Å². The average Bonchev–Trinajstić information content (AvgIpc) is 3.15. The van der Waals surface area contributed by atoms with E-state index in [4.69, 9.17) is 5.73 Å². The zero-order valence-electron chi connectivity index (χ0n) is 12.6. The highest BCUT2D eigenvalue weighted by atomic mass is 16.2. The molecule has 0 radical (unpaired) electrons. The second kappa shape index (κ2) is 6.06. The normalized spacial score (nSPS) is 24.2. The Labute approximate surface area is 126 Å². The third kappa shape index (κ3) is 3.21. The Hall–Kier alpha value is -1.55. The molecule has 1 atom stereocenters. The molecule has 1 aliphatic heterocycles. The number of benzene rings is 1. The van der Waals surface area contributed by atoms with Crippen LogP contribution in [0.25, 0.3) is 0 Å². The van der Waals surface area contributed by atoms with E-state index in [0.717, 1.165) is 51.7 Å². The fraction of sp³-hybridized carbons (Fsp3) is 0.588. The Bertz CT molecular complexity index is 482. The van der Waals surface area contributed by atoms with Crippen molar-refractivity contribution in [2.24, 2.45) is 11.7 Å². The van der Waals surface area contributed by atoms with Gasteiger partial charge in [0.25, 0.3) is 0 Å². The first-order valence-electron chi connectivity index (χ1n) is 8.04. The van der Waals surface area contributed by atoms with Crippen molar-refractivity contribution < 1.29 is 4.79 Å². The number of nitrogens with two attached hydrogens (primary N) is 1. The molecule has 0 spiro atoms. The number of carbonyl (C=O) groups is 1. The van der Waals surface area contributed by atoms with Gasteiger partial charge in [0.1, 0.15) is 0 Å². The maximum atomic E-state index is 12.2. The maximum Gasteiger partial charge on any atom is 0.240 e. The summed E-state index contributed by atoms with van der Waals surface area (Å²) < 4.78 is 0. The fourth-order valence-electron chi connectivity index (χ4n) is 3.52. The molecule has 4 heteroatoms. The highest BCUT2D eigenvalue weighted by Crippen LogP contribution is 2.28. The first-order chi connectivity index (χ1) is 10.2. The summed E-state index contributed by atoms with van der Waals surface area (Å²) in [7, 11) is 0. The van der Waals surface area contributed by atoms with Crippen molar-refractivity contribution >= 4 is 11.6 Å². The highest BCUT2D eigenvalue weighted by Gasteiger charge is 2.37. The summed E-state index contributed by atoms with van der Waals surface area (Å²) in [6, 6.07) is 10.5. The molecule has 1 saturated heterocycles. The third-order valence-corrected chi connectivity index (χ3v) is 4.91. The number of nitrogens with zero attached hydrogens (tertiary/aromatic N) is 1. The summed E-state index contributed by atoms with van der Waals surface area (Å²) in [5, 5.41) is 3.09. The second-order valence-corrected chi connectivity index (χ2v) is 6.51. The molecular formula is C17H25N3O. The number of amides is 1. The quantitative estimate of drug-likeness (QED) is 0.889. The largest absolute Gasteiger partial charge is 0.371 e. The van der Waals surface area contributed by atoms with Crippen molar-refractivity contribution in [2.75, 3.05) is 24.5 Å². The average molecular weight is 287 g/mol. The number of hydrogen-bond acceptors (Lipinski definition) is 3. The van der Waals surface area contributed by atoms with Crippen LogP contribution in [0.4, 0.5) is 5.69 Å². The van der Waals surface area contributed by atoms with Crippen LogP contribution in [-0.4, -0.2) is 31.1 Å². The van der Waals surface area contributed by atoms with E-state index in [2.05, 4.69) is 34.5 Å². The van der Waals surface area contributed by atoms with Crippen LogP contribution in [0, 0.1) is 5.92 Å². The van der Waals surface area contributed by atoms with Crippen molar-refractivity contribution in [3.63, 3.8) is 0 Å². The first kappa shape index (κ1) is 14.4.